The Labute approximate surface area is 157 Å². The summed E-state index contributed by atoms with van der Waals surface area (Å²) in [6.45, 7) is 0.825. The summed E-state index contributed by atoms with van der Waals surface area (Å²) < 4.78 is 15.8. The molecule has 8 heteroatoms. The number of methoxy groups -OCH3 is 1. The zero-order valence-electron chi connectivity index (χ0n) is 15.0. The lowest BCUT2D eigenvalue weighted by Gasteiger charge is -2.32. The molecule has 2 unspecified atom stereocenters. The molecule has 2 aliphatic rings. The predicted molar refractivity (Wildman–Crippen MR) is 98.1 cm³/mol. The van der Waals surface area contributed by atoms with Crippen molar-refractivity contribution in [2.24, 2.45) is 0 Å². The molecule has 142 valence electrons. The van der Waals surface area contributed by atoms with E-state index < -0.39 is 0 Å². The standard InChI is InChI=1S/C19H22N4O4/c1-25-14-5-2-12(3-6-14)8-15-18(24)21-19(23-22-15)20-10-13-4-7-16-17(9-13)27-11-26-16/h2-7,9,15,19-20,22-23H,8,10-11H2,1H3,(H,21,24). The summed E-state index contributed by atoms with van der Waals surface area (Å²) in [5.41, 5.74) is 8.26. The molecule has 0 bridgehead atoms. The Hall–Kier alpha value is -2.81. The molecule has 8 nitrogen and oxygen atoms in total. The maximum atomic E-state index is 12.4. The van der Waals surface area contributed by atoms with Crippen LogP contribution in [0.2, 0.25) is 0 Å². The zero-order chi connectivity index (χ0) is 18.6. The van der Waals surface area contributed by atoms with E-state index in [0.29, 0.717) is 13.0 Å². The summed E-state index contributed by atoms with van der Waals surface area (Å²) in [6, 6.07) is 13.1. The molecule has 27 heavy (non-hydrogen) atoms. The Morgan fingerprint density at radius 1 is 1.07 bits per heavy atom. The first-order valence-corrected chi connectivity index (χ1v) is 8.77. The van der Waals surface area contributed by atoms with Gasteiger partial charge >= 0.3 is 0 Å². The second-order valence-corrected chi connectivity index (χ2v) is 6.40. The summed E-state index contributed by atoms with van der Waals surface area (Å²) in [7, 11) is 1.63. The highest BCUT2D eigenvalue weighted by molar-refractivity contribution is 5.82. The van der Waals surface area contributed by atoms with E-state index in [4.69, 9.17) is 14.2 Å². The van der Waals surface area contributed by atoms with Crippen LogP contribution in [0.15, 0.2) is 42.5 Å². The molecule has 0 aromatic heterocycles. The van der Waals surface area contributed by atoms with Crippen LogP contribution in [-0.4, -0.2) is 32.1 Å². The molecule has 2 heterocycles. The molecule has 0 saturated carbocycles. The van der Waals surface area contributed by atoms with Gasteiger partial charge in [0.1, 0.15) is 18.1 Å². The van der Waals surface area contributed by atoms with E-state index in [0.717, 1.165) is 28.4 Å². The number of ether oxygens (including phenoxy) is 3. The van der Waals surface area contributed by atoms with Gasteiger partial charge in [-0.15, -0.1) is 0 Å². The minimum atomic E-state index is -0.366. The van der Waals surface area contributed by atoms with Gasteiger partial charge in [0.15, 0.2) is 11.5 Å². The van der Waals surface area contributed by atoms with Gasteiger partial charge in [-0.1, -0.05) is 18.2 Å². The Kier molecular flexibility index (Phi) is 5.10. The molecule has 0 radical (unpaired) electrons. The van der Waals surface area contributed by atoms with Gasteiger partial charge in [-0.05, 0) is 41.8 Å². The van der Waals surface area contributed by atoms with E-state index in [2.05, 4.69) is 21.5 Å². The Morgan fingerprint density at radius 3 is 2.63 bits per heavy atom. The van der Waals surface area contributed by atoms with Crippen molar-refractivity contribution in [1.29, 1.82) is 0 Å². The summed E-state index contributed by atoms with van der Waals surface area (Å²) in [5, 5.41) is 6.17. The minimum absolute atomic E-state index is 0.0623. The number of hydrazine groups is 1. The summed E-state index contributed by atoms with van der Waals surface area (Å²) in [4.78, 5) is 12.4. The van der Waals surface area contributed by atoms with Crippen LogP contribution in [0.25, 0.3) is 0 Å². The van der Waals surface area contributed by atoms with Crippen LogP contribution in [0, 0.1) is 0 Å². The lowest BCUT2D eigenvalue weighted by atomic mass is 10.1. The maximum Gasteiger partial charge on any atom is 0.241 e. The molecule has 1 amide bonds. The van der Waals surface area contributed by atoms with Gasteiger partial charge in [-0.2, -0.15) is 0 Å². The smallest absolute Gasteiger partial charge is 0.241 e. The van der Waals surface area contributed by atoms with Gasteiger partial charge < -0.3 is 19.5 Å². The number of carbonyl (C=O) groups excluding carboxylic acids is 1. The first-order valence-electron chi connectivity index (χ1n) is 8.77. The van der Waals surface area contributed by atoms with Crippen LogP contribution in [0.5, 0.6) is 17.2 Å². The van der Waals surface area contributed by atoms with Crippen molar-refractivity contribution < 1.29 is 19.0 Å². The normalized spacial score (nSPS) is 21.0. The SMILES string of the molecule is COc1ccc(CC2NNC(NCc3ccc4c(c3)OCO4)NC2=O)cc1. The number of carbonyl (C=O) groups is 1. The fourth-order valence-corrected chi connectivity index (χ4v) is 3.04. The molecule has 4 rings (SSSR count). The van der Waals surface area contributed by atoms with Crippen molar-refractivity contribution in [1.82, 2.24) is 21.5 Å². The summed E-state index contributed by atoms with van der Waals surface area (Å²) in [6.07, 6.45) is 0.215. The second-order valence-electron chi connectivity index (χ2n) is 6.40. The van der Waals surface area contributed by atoms with Gasteiger partial charge in [-0.3, -0.25) is 10.1 Å². The van der Waals surface area contributed by atoms with E-state index in [1.54, 1.807) is 7.11 Å². The lowest BCUT2D eigenvalue weighted by Crippen LogP contribution is -2.69. The molecule has 4 N–H and O–H groups in total. The summed E-state index contributed by atoms with van der Waals surface area (Å²) in [5.74, 6) is 2.23. The van der Waals surface area contributed by atoms with E-state index in [-0.39, 0.29) is 25.0 Å². The van der Waals surface area contributed by atoms with E-state index >= 15 is 0 Å². The number of fused-ring (bicyclic) bond motifs is 1. The third-order valence-corrected chi connectivity index (χ3v) is 4.55. The fraction of sp³-hybridized carbons (Fsp3) is 0.316. The molecule has 2 aliphatic heterocycles. The van der Waals surface area contributed by atoms with Gasteiger partial charge in [0.25, 0.3) is 0 Å². The van der Waals surface area contributed by atoms with E-state index in [9.17, 15) is 4.79 Å². The van der Waals surface area contributed by atoms with Gasteiger partial charge in [0.05, 0.1) is 7.11 Å². The molecule has 2 aromatic carbocycles. The highest BCUT2D eigenvalue weighted by Gasteiger charge is 2.27. The molecular formula is C19H22N4O4. The monoisotopic (exact) mass is 370 g/mol. The van der Waals surface area contributed by atoms with Crippen LogP contribution >= 0.6 is 0 Å². The van der Waals surface area contributed by atoms with Crippen molar-refractivity contribution in [3.8, 4) is 17.2 Å². The van der Waals surface area contributed by atoms with E-state index in [1.165, 1.54) is 0 Å². The first-order chi connectivity index (χ1) is 13.2. The molecule has 2 atom stereocenters. The average molecular weight is 370 g/mol. The van der Waals surface area contributed by atoms with Gasteiger partial charge in [0.2, 0.25) is 12.7 Å². The molecular weight excluding hydrogens is 348 g/mol. The fourth-order valence-electron chi connectivity index (χ4n) is 3.04. The topological polar surface area (TPSA) is 92.9 Å². The van der Waals surface area contributed by atoms with Gasteiger partial charge in [-0.25, -0.2) is 10.9 Å². The molecule has 1 saturated heterocycles. The first kappa shape index (κ1) is 17.6. The largest absolute Gasteiger partial charge is 0.497 e. The van der Waals surface area contributed by atoms with Crippen molar-refractivity contribution >= 4 is 5.91 Å². The molecule has 0 spiro atoms. The molecule has 2 aromatic rings. The number of benzene rings is 2. The Bertz CT molecular complexity index is 812. The van der Waals surface area contributed by atoms with Crippen molar-refractivity contribution in [3.05, 3.63) is 53.6 Å². The van der Waals surface area contributed by atoms with Crippen LogP contribution in [0.4, 0.5) is 0 Å². The lowest BCUT2D eigenvalue weighted by molar-refractivity contribution is -0.127. The van der Waals surface area contributed by atoms with E-state index in [1.807, 2.05) is 42.5 Å². The zero-order valence-corrected chi connectivity index (χ0v) is 15.0. The quantitative estimate of drug-likeness (QED) is 0.593. The highest BCUT2D eigenvalue weighted by Crippen LogP contribution is 2.32. The third-order valence-electron chi connectivity index (χ3n) is 4.55. The number of amides is 1. The molecule has 1 fully saturated rings. The Balaban J connectivity index is 1.27. The number of hydrogen-bond acceptors (Lipinski definition) is 7. The summed E-state index contributed by atoms with van der Waals surface area (Å²) >= 11 is 0. The average Bonchev–Trinajstić information content (AvgIpc) is 3.16. The number of hydrogen-bond donors (Lipinski definition) is 4. The van der Waals surface area contributed by atoms with Gasteiger partial charge in [0, 0.05) is 6.54 Å². The highest BCUT2D eigenvalue weighted by atomic mass is 16.7. The van der Waals surface area contributed by atoms with Crippen molar-refractivity contribution in [3.63, 3.8) is 0 Å². The maximum absolute atomic E-state index is 12.4. The minimum Gasteiger partial charge on any atom is -0.497 e. The second kappa shape index (κ2) is 7.83. The number of rotatable bonds is 6. The predicted octanol–water partition coefficient (Wildman–Crippen LogP) is 0.632. The van der Waals surface area contributed by atoms with Crippen LogP contribution < -0.4 is 35.7 Å². The third kappa shape index (κ3) is 4.13. The van der Waals surface area contributed by atoms with Crippen LogP contribution in [0.1, 0.15) is 11.1 Å². The van der Waals surface area contributed by atoms with Crippen molar-refractivity contribution in [2.75, 3.05) is 13.9 Å². The van der Waals surface area contributed by atoms with Crippen molar-refractivity contribution in [2.45, 2.75) is 25.3 Å². The Morgan fingerprint density at radius 2 is 1.85 bits per heavy atom. The number of nitrogens with one attached hydrogen (secondary N) is 4. The van der Waals surface area contributed by atoms with Crippen LogP contribution in [-0.2, 0) is 17.8 Å². The van der Waals surface area contributed by atoms with Crippen LogP contribution in [0.3, 0.4) is 0 Å². The molecule has 0 aliphatic carbocycles.